The Morgan fingerprint density at radius 2 is 1.83 bits per heavy atom. The number of aldehydes is 1. The summed E-state index contributed by atoms with van der Waals surface area (Å²) in [7, 11) is 1.46. The number of nitrogens with one attached hydrogen (secondary N) is 1. The fourth-order valence-electron chi connectivity index (χ4n) is 2.92. The molecule has 0 saturated carbocycles. The van der Waals surface area contributed by atoms with E-state index in [-0.39, 0.29) is 6.01 Å². The van der Waals surface area contributed by atoms with Crippen molar-refractivity contribution in [2.75, 3.05) is 43.5 Å². The number of piperazine rings is 1. The summed E-state index contributed by atoms with van der Waals surface area (Å²) >= 11 is 0. The van der Waals surface area contributed by atoms with Crippen molar-refractivity contribution < 1.29 is 22.7 Å². The Morgan fingerprint density at radius 3 is 2.41 bits per heavy atom. The van der Waals surface area contributed by atoms with Gasteiger partial charge >= 0.3 is 12.2 Å². The van der Waals surface area contributed by atoms with Crippen molar-refractivity contribution in [3.8, 4) is 6.01 Å². The topological polar surface area (TPSA) is 70.6 Å². The average molecular weight is 407 g/mol. The molecule has 0 atom stereocenters. The van der Waals surface area contributed by atoms with Gasteiger partial charge in [0.05, 0.1) is 18.9 Å². The van der Waals surface area contributed by atoms with Crippen LogP contribution in [0, 0.1) is 0 Å². The van der Waals surface area contributed by atoms with Gasteiger partial charge in [-0.05, 0) is 30.3 Å². The molecular weight excluding hydrogens is 387 g/mol. The van der Waals surface area contributed by atoms with E-state index >= 15 is 0 Å². The second-order valence-electron chi connectivity index (χ2n) is 6.29. The number of hydrogen-bond donors (Lipinski definition) is 1. The first-order valence-corrected chi connectivity index (χ1v) is 8.87. The first-order valence-electron chi connectivity index (χ1n) is 8.87. The Bertz CT molecular complexity index is 863. The Morgan fingerprint density at radius 1 is 1.14 bits per heavy atom. The van der Waals surface area contributed by atoms with Gasteiger partial charge in [-0.3, -0.25) is 4.79 Å². The first-order chi connectivity index (χ1) is 13.9. The number of halogens is 3. The molecular formula is C19H20F3N5O2. The van der Waals surface area contributed by atoms with Gasteiger partial charge in [-0.1, -0.05) is 0 Å². The molecule has 1 aliphatic rings. The number of nitrogens with zero attached hydrogens (tertiary/aromatic N) is 4. The number of hydrogen-bond acceptors (Lipinski definition) is 7. The van der Waals surface area contributed by atoms with Gasteiger partial charge in [-0.2, -0.15) is 18.2 Å². The number of aromatic nitrogens is 2. The number of carbonyl (C=O) groups excluding carboxylic acids is 1. The van der Waals surface area contributed by atoms with Crippen molar-refractivity contribution >= 4 is 23.5 Å². The minimum atomic E-state index is -4.38. The molecule has 1 N–H and O–H groups in total. The number of anilines is 3. The van der Waals surface area contributed by atoms with Crippen LogP contribution in [0.25, 0.3) is 0 Å². The van der Waals surface area contributed by atoms with Gasteiger partial charge in [-0.15, -0.1) is 0 Å². The molecule has 0 radical (unpaired) electrons. The lowest BCUT2D eigenvalue weighted by Crippen LogP contribution is -2.44. The zero-order chi connectivity index (χ0) is 20.9. The maximum atomic E-state index is 12.8. The molecule has 0 amide bonds. The Hall–Kier alpha value is -3.30. The van der Waals surface area contributed by atoms with Gasteiger partial charge in [0.25, 0.3) is 0 Å². The van der Waals surface area contributed by atoms with E-state index in [1.54, 1.807) is 6.20 Å². The summed E-state index contributed by atoms with van der Waals surface area (Å²) in [5.74, 6) is 0.593. The van der Waals surface area contributed by atoms with Crippen LogP contribution in [0.15, 0.2) is 42.7 Å². The average Bonchev–Trinajstić information content (AvgIpc) is 2.73. The van der Waals surface area contributed by atoms with Crippen molar-refractivity contribution in [1.82, 2.24) is 14.9 Å². The molecule has 1 aromatic heterocycles. The van der Waals surface area contributed by atoms with Crippen LogP contribution in [0.4, 0.5) is 30.4 Å². The lowest BCUT2D eigenvalue weighted by molar-refractivity contribution is -0.137. The molecule has 0 bridgehead atoms. The molecule has 29 heavy (non-hydrogen) atoms. The monoisotopic (exact) mass is 407 g/mol. The summed E-state index contributed by atoms with van der Waals surface area (Å²) in [4.78, 5) is 23.0. The summed E-state index contributed by atoms with van der Waals surface area (Å²) in [6.07, 6.45) is 1.07. The summed E-state index contributed by atoms with van der Waals surface area (Å²) in [6.45, 7) is 2.67. The van der Waals surface area contributed by atoms with Gasteiger partial charge in [0, 0.05) is 38.1 Å². The Kier molecular flexibility index (Phi) is 6.20. The Labute approximate surface area is 165 Å². The fraction of sp³-hybridized carbons (Fsp3) is 0.316. The van der Waals surface area contributed by atoms with Crippen LogP contribution in [0.2, 0.25) is 0 Å². The zero-order valence-corrected chi connectivity index (χ0v) is 15.7. The van der Waals surface area contributed by atoms with Gasteiger partial charge in [0.2, 0.25) is 0 Å². The molecule has 154 valence electrons. The van der Waals surface area contributed by atoms with Crippen molar-refractivity contribution in [3.05, 3.63) is 48.3 Å². The SMILES string of the molecule is COc1ncc(Nc2ccc(C(F)(F)F)cc2)c(N2CCN(C=CC=O)CC2)n1. The summed E-state index contributed by atoms with van der Waals surface area (Å²) in [6, 6.07) is 4.95. The molecule has 2 aromatic rings. The minimum Gasteiger partial charge on any atom is -0.467 e. The predicted octanol–water partition coefficient (Wildman–Crippen LogP) is 3.08. The van der Waals surface area contributed by atoms with Gasteiger partial charge < -0.3 is 19.9 Å². The van der Waals surface area contributed by atoms with Crippen LogP contribution >= 0.6 is 0 Å². The number of benzene rings is 1. The molecule has 10 heteroatoms. The predicted molar refractivity (Wildman–Crippen MR) is 102 cm³/mol. The number of rotatable bonds is 6. The van der Waals surface area contributed by atoms with Gasteiger partial charge in [0.15, 0.2) is 5.82 Å². The molecule has 1 aromatic carbocycles. The van der Waals surface area contributed by atoms with Crippen LogP contribution in [0.5, 0.6) is 6.01 Å². The zero-order valence-electron chi connectivity index (χ0n) is 15.7. The van der Waals surface area contributed by atoms with Crippen LogP contribution in [0.3, 0.4) is 0 Å². The van der Waals surface area contributed by atoms with E-state index in [1.165, 1.54) is 31.5 Å². The molecule has 1 fully saturated rings. The summed E-state index contributed by atoms with van der Waals surface area (Å²) < 4.78 is 43.4. The van der Waals surface area contributed by atoms with Crippen molar-refractivity contribution in [1.29, 1.82) is 0 Å². The normalized spacial score (nSPS) is 14.9. The summed E-state index contributed by atoms with van der Waals surface area (Å²) in [5, 5.41) is 3.08. The number of alkyl halides is 3. The Balaban J connectivity index is 1.79. The van der Waals surface area contributed by atoms with E-state index in [2.05, 4.69) is 15.3 Å². The molecule has 7 nitrogen and oxygen atoms in total. The van der Waals surface area contributed by atoms with E-state index < -0.39 is 11.7 Å². The highest BCUT2D eigenvalue weighted by molar-refractivity contribution is 5.72. The number of allylic oxidation sites excluding steroid dienone is 1. The summed E-state index contributed by atoms with van der Waals surface area (Å²) in [5.41, 5.74) is 0.330. The molecule has 1 aliphatic heterocycles. The van der Waals surface area contributed by atoms with E-state index in [4.69, 9.17) is 4.74 Å². The number of carbonyl (C=O) groups is 1. The lowest BCUT2D eigenvalue weighted by Gasteiger charge is -2.35. The van der Waals surface area contributed by atoms with Crippen LogP contribution < -0.4 is 15.0 Å². The number of ether oxygens (including phenoxy) is 1. The maximum Gasteiger partial charge on any atom is 0.416 e. The molecule has 1 saturated heterocycles. The largest absolute Gasteiger partial charge is 0.467 e. The third-order valence-corrected chi connectivity index (χ3v) is 4.41. The quantitative estimate of drug-likeness (QED) is 0.583. The molecule has 0 unspecified atom stereocenters. The second-order valence-corrected chi connectivity index (χ2v) is 6.29. The standard InChI is InChI=1S/C19H20F3N5O2/c1-29-18-23-13-16(24-15-5-3-14(4-6-15)19(20,21)22)17(25-18)27-10-8-26(9-11-27)7-2-12-28/h2-7,12-13,24H,8-11H2,1H3. The van der Waals surface area contributed by atoms with Crippen molar-refractivity contribution in [2.24, 2.45) is 0 Å². The van der Waals surface area contributed by atoms with Crippen LogP contribution in [-0.4, -0.2) is 54.4 Å². The fourth-order valence-corrected chi connectivity index (χ4v) is 2.92. The van der Waals surface area contributed by atoms with E-state index in [9.17, 15) is 18.0 Å². The van der Waals surface area contributed by atoms with Gasteiger partial charge in [0.1, 0.15) is 12.0 Å². The van der Waals surface area contributed by atoms with E-state index in [1.807, 2.05) is 9.80 Å². The van der Waals surface area contributed by atoms with Crippen molar-refractivity contribution in [3.63, 3.8) is 0 Å². The molecule has 2 heterocycles. The third kappa shape index (κ3) is 5.15. The molecule has 3 rings (SSSR count). The smallest absolute Gasteiger partial charge is 0.416 e. The van der Waals surface area contributed by atoms with Gasteiger partial charge in [-0.25, -0.2) is 4.98 Å². The minimum absolute atomic E-state index is 0.196. The van der Waals surface area contributed by atoms with E-state index in [0.717, 1.165) is 18.4 Å². The molecule has 0 spiro atoms. The van der Waals surface area contributed by atoms with Crippen molar-refractivity contribution in [2.45, 2.75) is 6.18 Å². The first kappa shape index (κ1) is 20.4. The number of methoxy groups -OCH3 is 1. The highest BCUT2D eigenvalue weighted by Gasteiger charge is 2.30. The highest BCUT2D eigenvalue weighted by atomic mass is 19.4. The lowest BCUT2D eigenvalue weighted by atomic mass is 10.2. The maximum absolute atomic E-state index is 12.8. The second kappa shape index (κ2) is 8.80. The highest BCUT2D eigenvalue weighted by Crippen LogP contribution is 2.32. The van der Waals surface area contributed by atoms with Crippen LogP contribution in [-0.2, 0) is 11.0 Å². The molecule has 0 aliphatic carbocycles. The van der Waals surface area contributed by atoms with E-state index in [0.29, 0.717) is 43.4 Å². The third-order valence-electron chi connectivity index (χ3n) is 4.41. The van der Waals surface area contributed by atoms with Crippen LogP contribution in [0.1, 0.15) is 5.56 Å².